The second kappa shape index (κ2) is 3.90. The molecular weight excluding hydrogens is 238 g/mol. The molecule has 0 bridgehead atoms. The number of barbiturate groups is 1. The van der Waals surface area contributed by atoms with E-state index in [0.29, 0.717) is 5.82 Å². The lowest BCUT2D eigenvalue weighted by Gasteiger charge is -2.34. The summed E-state index contributed by atoms with van der Waals surface area (Å²) in [5.74, 6) is -0.672. The fourth-order valence-corrected chi connectivity index (χ4v) is 1.58. The number of rotatable bonds is 2. The SMILES string of the molecule is Cn1cnnc1CN1C(=O)NC(=O)C(C)(C)C1=O. The smallest absolute Gasteiger partial charge is 0.319 e. The molecule has 0 saturated carbocycles. The highest BCUT2D eigenvalue weighted by molar-refractivity contribution is 6.18. The summed E-state index contributed by atoms with van der Waals surface area (Å²) in [5, 5.41) is 9.62. The summed E-state index contributed by atoms with van der Waals surface area (Å²) >= 11 is 0. The normalized spacial score (nSPS) is 19.1. The standard InChI is InChI=1S/C10H13N5O3/c1-10(2)7(16)12-9(18)15(8(10)17)4-6-13-11-5-14(6)3/h5H,4H2,1-3H3,(H,12,16,18). The molecule has 0 atom stereocenters. The summed E-state index contributed by atoms with van der Waals surface area (Å²) < 4.78 is 1.60. The highest BCUT2D eigenvalue weighted by atomic mass is 16.2. The molecule has 96 valence electrons. The number of aromatic nitrogens is 3. The first kappa shape index (κ1) is 12.2. The van der Waals surface area contributed by atoms with Crippen LogP contribution in [0.4, 0.5) is 4.79 Å². The van der Waals surface area contributed by atoms with Crippen LogP contribution in [0.3, 0.4) is 0 Å². The van der Waals surface area contributed by atoms with Crippen LogP contribution in [0.1, 0.15) is 19.7 Å². The Balaban J connectivity index is 2.27. The van der Waals surface area contributed by atoms with E-state index in [-0.39, 0.29) is 6.54 Å². The minimum Gasteiger partial charge on any atom is -0.319 e. The summed E-state index contributed by atoms with van der Waals surface area (Å²) in [5.41, 5.74) is -1.26. The van der Waals surface area contributed by atoms with Gasteiger partial charge in [-0.15, -0.1) is 10.2 Å². The first-order chi connectivity index (χ1) is 8.34. The number of urea groups is 1. The minimum absolute atomic E-state index is 0.0160. The van der Waals surface area contributed by atoms with E-state index < -0.39 is 23.3 Å². The first-order valence-electron chi connectivity index (χ1n) is 5.34. The fourth-order valence-electron chi connectivity index (χ4n) is 1.58. The summed E-state index contributed by atoms with van der Waals surface area (Å²) in [6.45, 7) is 2.93. The molecule has 0 aromatic carbocycles. The Morgan fingerprint density at radius 1 is 1.33 bits per heavy atom. The van der Waals surface area contributed by atoms with Gasteiger partial charge in [-0.2, -0.15) is 0 Å². The van der Waals surface area contributed by atoms with Gasteiger partial charge in [-0.05, 0) is 13.8 Å². The van der Waals surface area contributed by atoms with Crippen LogP contribution in [0.15, 0.2) is 6.33 Å². The topological polar surface area (TPSA) is 97.2 Å². The van der Waals surface area contributed by atoms with Crippen molar-refractivity contribution in [2.24, 2.45) is 12.5 Å². The third-order valence-electron chi connectivity index (χ3n) is 2.92. The Hall–Kier alpha value is -2.25. The molecule has 1 aliphatic rings. The van der Waals surface area contributed by atoms with Crippen molar-refractivity contribution in [3.05, 3.63) is 12.2 Å². The molecule has 8 nitrogen and oxygen atoms in total. The van der Waals surface area contributed by atoms with Crippen LogP contribution in [-0.4, -0.2) is 37.5 Å². The monoisotopic (exact) mass is 251 g/mol. The molecule has 0 radical (unpaired) electrons. The van der Waals surface area contributed by atoms with E-state index in [4.69, 9.17) is 0 Å². The van der Waals surface area contributed by atoms with Gasteiger partial charge in [-0.3, -0.25) is 19.8 Å². The highest BCUT2D eigenvalue weighted by Crippen LogP contribution is 2.24. The minimum atomic E-state index is -1.26. The van der Waals surface area contributed by atoms with Gasteiger partial charge in [0, 0.05) is 7.05 Å². The van der Waals surface area contributed by atoms with Crippen molar-refractivity contribution in [1.82, 2.24) is 25.0 Å². The van der Waals surface area contributed by atoms with Gasteiger partial charge in [0.1, 0.15) is 11.7 Å². The van der Waals surface area contributed by atoms with Crippen LogP contribution in [0, 0.1) is 5.41 Å². The molecule has 0 unspecified atom stereocenters. The van der Waals surface area contributed by atoms with E-state index in [0.717, 1.165) is 4.90 Å². The number of aryl methyl sites for hydroxylation is 1. The highest BCUT2D eigenvalue weighted by Gasteiger charge is 2.47. The van der Waals surface area contributed by atoms with Gasteiger partial charge >= 0.3 is 6.03 Å². The number of carbonyl (C=O) groups is 3. The van der Waals surface area contributed by atoms with Crippen LogP contribution in [0.5, 0.6) is 0 Å². The van der Waals surface area contributed by atoms with E-state index in [9.17, 15) is 14.4 Å². The average Bonchev–Trinajstić information content (AvgIpc) is 2.68. The zero-order valence-electron chi connectivity index (χ0n) is 10.3. The Labute approximate surface area is 103 Å². The average molecular weight is 251 g/mol. The van der Waals surface area contributed by atoms with Crippen LogP contribution in [0.2, 0.25) is 0 Å². The maximum atomic E-state index is 12.1. The molecule has 1 aromatic heterocycles. The van der Waals surface area contributed by atoms with Gasteiger partial charge in [0.05, 0.1) is 6.54 Å². The maximum absolute atomic E-state index is 12.1. The third kappa shape index (κ3) is 1.75. The van der Waals surface area contributed by atoms with Crippen molar-refractivity contribution in [1.29, 1.82) is 0 Å². The van der Waals surface area contributed by atoms with Crippen LogP contribution in [0.25, 0.3) is 0 Å². The quantitative estimate of drug-likeness (QED) is 0.709. The largest absolute Gasteiger partial charge is 0.331 e. The van der Waals surface area contributed by atoms with E-state index >= 15 is 0 Å². The van der Waals surface area contributed by atoms with E-state index in [1.165, 1.54) is 20.2 Å². The summed E-state index contributed by atoms with van der Waals surface area (Å²) in [4.78, 5) is 36.3. The van der Waals surface area contributed by atoms with E-state index in [1.54, 1.807) is 11.6 Å². The fraction of sp³-hybridized carbons (Fsp3) is 0.500. The Kier molecular flexibility index (Phi) is 2.64. The molecule has 1 aromatic rings. The zero-order chi connectivity index (χ0) is 13.5. The Morgan fingerprint density at radius 2 is 2.00 bits per heavy atom. The molecule has 8 heteroatoms. The zero-order valence-corrected chi connectivity index (χ0v) is 10.3. The Morgan fingerprint density at radius 3 is 2.56 bits per heavy atom. The molecule has 2 heterocycles. The summed E-state index contributed by atoms with van der Waals surface area (Å²) in [6, 6.07) is -0.729. The predicted molar refractivity (Wildman–Crippen MR) is 58.9 cm³/mol. The molecule has 18 heavy (non-hydrogen) atoms. The van der Waals surface area contributed by atoms with Crippen LogP contribution < -0.4 is 5.32 Å². The van der Waals surface area contributed by atoms with Crippen molar-refractivity contribution < 1.29 is 14.4 Å². The number of hydrogen-bond donors (Lipinski definition) is 1. The summed E-state index contributed by atoms with van der Waals surface area (Å²) in [7, 11) is 1.71. The number of nitrogens with one attached hydrogen (secondary N) is 1. The van der Waals surface area contributed by atoms with E-state index in [2.05, 4.69) is 15.5 Å². The predicted octanol–water partition coefficient (Wildman–Crippen LogP) is -0.580. The lowest BCUT2D eigenvalue weighted by molar-refractivity contribution is -0.149. The molecule has 4 amide bonds. The molecule has 1 N–H and O–H groups in total. The molecule has 1 aliphatic heterocycles. The number of amides is 4. The molecule has 1 fully saturated rings. The first-order valence-corrected chi connectivity index (χ1v) is 5.34. The number of nitrogens with zero attached hydrogens (tertiary/aromatic N) is 4. The van der Waals surface area contributed by atoms with Gasteiger partial charge in [0.15, 0.2) is 5.82 Å². The molecular formula is C10H13N5O3. The van der Waals surface area contributed by atoms with Crippen LogP contribution in [-0.2, 0) is 23.2 Å². The van der Waals surface area contributed by atoms with Gasteiger partial charge in [0.2, 0.25) is 11.8 Å². The van der Waals surface area contributed by atoms with Crippen molar-refractivity contribution in [3.63, 3.8) is 0 Å². The number of imide groups is 2. The summed E-state index contributed by atoms with van der Waals surface area (Å²) in [6.07, 6.45) is 1.47. The maximum Gasteiger partial charge on any atom is 0.331 e. The van der Waals surface area contributed by atoms with Crippen LogP contribution >= 0.6 is 0 Å². The molecule has 0 spiro atoms. The molecule has 2 rings (SSSR count). The number of hydrogen-bond acceptors (Lipinski definition) is 5. The molecule has 0 aliphatic carbocycles. The third-order valence-corrected chi connectivity index (χ3v) is 2.92. The van der Waals surface area contributed by atoms with Crippen molar-refractivity contribution >= 4 is 17.8 Å². The van der Waals surface area contributed by atoms with Gasteiger partial charge < -0.3 is 4.57 Å². The van der Waals surface area contributed by atoms with Crippen molar-refractivity contribution in [2.45, 2.75) is 20.4 Å². The van der Waals surface area contributed by atoms with Crippen molar-refractivity contribution in [3.8, 4) is 0 Å². The van der Waals surface area contributed by atoms with E-state index in [1.807, 2.05) is 0 Å². The van der Waals surface area contributed by atoms with Gasteiger partial charge in [-0.1, -0.05) is 0 Å². The molecule has 1 saturated heterocycles. The second-order valence-corrected chi connectivity index (χ2v) is 4.63. The lowest BCUT2D eigenvalue weighted by atomic mass is 9.89. The van der Waals surface area contributed by atoms with Crippen molar-refractivity contribution in [2.75, 3.05) is 0 Å². The lowest BCUT2D eigenvalue weighted by Crippen LogP contribution is -2.61. The second-order valence-electron chi connectivity index (χ2n) is 4.63. The van der Waals surface area contributed by atoms with Gasteiger partial charge in [0.25, 0.3) is 0 Å². The number of carbonyl (C=O) groups excluding carboxylic acids is 3. The van der Waals surface area contributed by atoms with Gasteiger partial charge in [-0.25, -0.2) is 4.79 Å². The Bertz CT molecular complexity index is 533.